The van der Waals surface area contributed by atoms with Gasteiger partial charge in [-0.3, -0.25) is 9.59 Å². The average molecular weight is 415 g/mol. The van der Waals surface area contributed by atoms with Crippen molar-refractivity contribution in [2.24, 2.45) is 0 Å². The number of ether oxygens (including phenoxy) is 2. The topological polar surface area (TPSA) is 67.9 Å². The van der Waals surface area contributed by atoms with Gasteiger partial charge in [0.05, 0.1) is 18.2 Å². The van der Waals surface area contributed by atoms with Gasteiger partial charge in [0.25, 0.3) is 11.8 Å². The van der Waals surface area contributed by atoms with Crippen LogP contribution in [0.1, 0.15) is 40.0 Å². The number of halogens is 1. The van der Waals surface area contributed by atoms with Gasteiger partial charge < -0.3 is 19.7 Å². The maximum absolute atomic E-state index is 13.0. The number of likely N-dealkylation sites (tertiary alicyclic amines) is 1. The van der Waals surface area contributed by atoms with Gasteiger partial charge >= 0.3 is 0 Å². The molecular weight excluding hydrogens is 392 g/mol. The van der Waals surface area contributed by atoms with Crippen LogP contribution in [0.2, 0.25) is 5.02 Å². The molecule has 152 valence electrons. The van der Waals surface area contributed by atoms with Crippen LogP contribution in [0.15, 0.2) is 42.5 Å². The Morgan fingerprint density at radius 3 is 2.48 bits per heavy atom. The van der Waals surface area contributed by atoms with E-state index in [4.69, 9.17) is 21.1 Å². The van der Waals surface area contributed by atoms with Gasteiger partial charge in [0, 0.05) is 36.7 Å². The third-order valence-corrected chi connectivity index (χ3v) is 5.48. The molecular formula is C22H23ClN2O4. The summed E-state index contributed by atoms with van der Waals surface area (Å²) in [6, 6.07) is 12.6. The van der Waals surface area contributed by atoms with Crippen molar-refractivity contribution in [1.82, 2.24) is 10.2 Å². The van der Waals surface area contributed by atoms with Crippen LogP contribution in [0, 0.1) is 0 Å². The van der Waals surface area contributed by atoms with Gasteiger partial charge in [-0.05, 0) is 37.1 Å². The summed E-state index contributed by atoms with van der Waals surface area (Å²) in [4.78, 5) is 27.1. The summed E-state index contributed by atoms with van der Waals surface area (Å²) in [5.41, 5.74) is 1.14. The third-order valence-electron chi connectivity index (χ3n) is 5.20. The molecule has 29 heavy (non-hydrogen) atoms. The Balaban J connectivity index is 1.37. The first-order valence-corrected chi connectivity index (χ1v) is 10.2. The molecule has 2 heterocycles. The number of carbonyl (C=O) groups excluding carboxylic acids is 2. The highest BCUT2D eigenvalue weighted by Crippen LogP contribution is 2.38. The molecule has 0 aliphatic carbocycles. The first-order chi connectivity index (χ1) is 14.1. The van der Waals surface area contributed by atoms with Crippen LogP contribution in [0.4, 0.5) is 0 Å². The average Bonchev–Trinajstić information content (AvgIpc) is 3.00. The Bertz CT molecular complexity index is 895. The molecule has 2 aromatic carbocycles. The molecule has 1 fully saturated rings. The molecule has 7 heteroatoms. The second-order valence-electron chi connectivity index (χ2n) is 7.24. The van der Waals surface area contributed by atoms with E-state index in [1.54, 1.807) is 29.2 Å². The quantitative estimate of drug-likeness (QED) is 0.834. The number of carbonyl (C=O) groups is 2. The van der Waals surface area contributed by atoms with Crippen LogP contribution in [0.3, 0.4) is 0 Å². The van der Waals surface area contributed by atoms with Crippen LogP contribution >= 0.6 is 11.6 Å². The van der Waals surface area contributed by atoms with E-state index < -0.39 is 0 Å². The van der Waals surface area contributed by atoms with Gasteiger partial charge in [-0.1, -0.05) is 29.8 Å². The summed E-state index contributed by atoms with van der Waals surface area (Å²) >= 11 is 6.32. The number of nitrogens with one attached hydrogen (secondary N) is 1. The predicted molar refractivity (Wildman–Crippen MR) is 110 cm³/mol. The third kappa shape index (κ3) is 4.48. The number of piperidine rings is 1. The molecule has 2 aliphatic rings. The number of hydrogen-bond donors (Lipinski definition) is 1. The van der Waals surface area contributed by atoms with Gasteiger partial charge in [-0.15, -0.1) is 0 Å². The molecule has 0 spiro atoms. The monoisotopic (exact) mass is 414 g/mol. The zero-order valence-corrected chi connectivity index (χ0v) is 16.8. The van der Waals surface area contributed by atoms with Gasteiger partial charge in [0.2, 0.25) is 0 Å². The fourth-order valence-electron chi connectivity index (χ4n) is 3.62. The standard InChI is InChI=1S/C22H23ClN2O4/c23-18-13-16(14-19-20(18)29-12-4-11-28-19)22(27)25-9-7-17(8-10-25)24-21(26)15-5-2-1-3-6-15/h1-3,5-6,13-14,17H,4,7-12H2,(H,24,26). The molecule has 2 aliphatic heterocycles. The molecule has 0 aromatic heterocycles. The smallest absolute Gasteiger partial charge is 0.254 e. The van der Waals surface area contributed by atoms with Crippen molar-refractivity contribution in [3.63, 3.8) is 0 Å². The number of hydrogen-bond acceptors (Lipinski definition) is 4. The molecule has 1 N–H and O–H groups in total. The predicted octanol–water partition coefficient (Wildman–Crippen LogP) is 3.54. The SMILES string of the molecule is O=C(NC1CCN(C(=O)c2cc(Cl)c3c(c2)OCCCO3)CC1)c1ccccc1. The lowest BCUT2D eigenvalue weighted by atomic mass is 10.0. The summed E-state index contributed by atoms with van der Waals surface area (Å²) in [5, 5.41) is 3.44. The molecule has 2 amide bonds. The van der Waals surface area contributed by atoms with E-state index in [-0.39, 0.29) is 17.9 Å². The van der Waals surface area contributed by atoms with E-state index in [2.05, 4.69) is 5.32 Å². The molecule has 4 rings (SSSR count). The highest BCUT2D eigenvalue weighted by atomic mass is 35.5. The lowest BCUT2D eigenvalue weighted by molar-refractivity contribution is 0.0697. The van der Waals surface area contributed by atoms with Crippen LogP contribution in [-0.2, 0) is 0 Å². The van der Waals surface area contributed by atoms with Crippen molar-refractivity contribution in [3.05, 3.63) is 58.6 Å². The van der Waals surface area contributed by atoms with E-state index in [9.17, 15) is 9.59 Å². The molecule has 0 bridgehead atoms. The fraction of sp³-hybridized carbons (Fsp3) is 0.364. The normalized spacial score (nSPS) is 16.8. The van der Waals surface area contributed by atoms with E-state index in [0.717, 1.165) is 6.42 Å². The zero-order valence-electron chi connectivity index (χ0n) is 16.0. The van der Waals surface area contributed by atoms with Gasteiger partial charge in [-0.2, -0.15) is 0 Å². The van der Waals surface area contributed by atoms with Crippen molar-refractivity contribution < 1.29 is 19.1 Å². The summed E-state index contributed by atoms with van der Waals surface area (Å²) in [7, 11) is 0. The Kier molecular flexibility index (Phi) is 5.90. The summed E-state index contributed by atoms with van der Waals surface area (Å²) in [6.45, 7) is 2.23. The highest BCUT2D eigenvalue weighted by Gasteiger charge is 2.26. The van der Waals surface area contributed by atoms with Crippen LogP contribution < -0.4 is 14.8 Å². The molecule has 1 saturated heterocycles. The lowest BCUT2D eigenvalue weighted by Gasteiger charge is -2.32. The number of fused-ring (bicyclic) bond motifs is 1. The summed E-state index contributed by atoms with van der Waals surface area (Å²) in [6.07, 6.45) is 2.20. The molecule has 0 saturated carbocycles. The summed E-state index contributed by atoms with van der Waals surface area (Å²) in [5.74, 6) is 0.854. The van der Waals surface area contributed by atoms with Crippen molar-refractivity contribution in [2.45, 2.75) is 25.3 Å². The van der Waals surface area contributed by atoms with E-state index >= 15 is 0 Å². The largest absolute Gasteiger partial charge is 0.489 e. The molecule has 0 atom stereocenters. The van der Waals surface area contributed by atoms with E-state index in [1.165, 1.54) is 0 Å². The van der Waals surface area contributed by atoms with Crippen molar-refractivity contribution in [3.8, 4) is 11.5 Å². The number of benzene rings is 2. The highest BCUT2D eigenvalue weighted by molar-refractivity contribution is 6.32. The molecule has 0 radical (unpaired) electrons. The van der Waals surface area contributed by atoms with Gasteiger partial charge in [-0.25, -0.2) is 0 Å². The minimum atomic E-state index is -0.0876. The van der Waals surface area contributed by atoms with Crippen molar-refractivity contribution in [2.75, 3.05) is 26.3 Å². The Hall–Kier alpha value is -2.73. The van der Waals surface area contributed by atoms with E-state index in [0.29, 0.717) is 66.8 Å². The first-order valence-electron chi connectivity index (χ1n) is 9.86. The fourth-order valence-corrected chi connectivity index (χ4v) is 3.89. The second-order valence-corrected chi connectivity index (χ2v) is 7.65. The van der Waals surface area contributed by atoms with E-state index in [1.807, 2.05) is 18.2 Å². The lowest BCUT2D eigenvalue weighted by Crippen LogP contribution is -2.46. The Labute approximate surface area is 174 Å². The summed E-state index contributed by atoms with van der Waals surface area (Å²) < 4.78 is 11.3. The maximum Gasteiger partial charge on any atom is 0.254 e. The minimum absolute atomic E-state index is 0.0547. The molecule has 6 nitrogen and oxygen atoms in total. The molecule has 0 unspecified atom stereocenters. The van der Waals surface area contributed by atoms with Gasteiger partial charge in [0.1, 0.15) is 0 Å². The van der Waals surface area contributed by atoms with Crippen LogP contribution in [-0.4, -0.2) is 49.1 Å². The van der Waals surface area contributed by atoms with Crippen LogP contribution in [0.5, 0.6) is 11.5 Å². The number of rotatable bonds is 3. The Morgan fingerprint density at radius 2 is 1.72 bits per heavy atom. The first kappa shape index (κ1) is 19.6. The number of amides is 2. The number of nitrogens with zero attached hydrogens (tertiary/aromatic N) is 1. The Morgan fingerprint density at radius 1 is 1.00 bits per heavy atom. The van der Waals surface area contributed by atoms with Gasteiger partial charge in [0.15, 0.2) is 11.5 Å². The minimum Gasteiger partial charge on any atom is -0.489 e. The van der Waals surface area contributed by atoms with Crippen molar-refractivity contribution in [1.29, 1.82) is 0 Å². The van der Waals surface area contributed by atoms with Crippen molar-refractivity contribution >= 4 is 23.4 Å². The maximum atomic E-state index is 13.0. The second kappa shape index (κ2) is 8.74. The zero-order chi connectivity index (χ0) is 20.2. The van der Waals surface area contributed by atoms with Crippen LogP contribution in [0.25, 0.3) is 0 Å². The molecule has 2 aromatic rings.